The Morgan fingerprint density at radius 1 is 1.04 bits per heavy atom. The van der Waals surface area contributed by atoms with Crippen molar-refractivity contribution in [3.05, 3.63) is 78.1 Å². The largest absolute Gasteiger partial charge is 0.506 e. The lowest BCUT2D eigenvalue weighted by molar-refractivity contribution is -0.137. The van der Waals surface area contributed by atoms with Crippen LogP contribution in [-0.4, -0.2) is 18.5 Å². The van der Waals surface area contributed by atoms with E-state index in [9.17, 15) is 26.7 Å². The minimum atomic E-state index is -4.63. The van der Waals surface area contributed by atoms with Crippen LogP contribution in [0.15, 0.2) is 71.9 Å². The Morgan fingerprint density at radius 3 is 2.50 bits per heavy atom. The van der Waals surface area contributed by atoms with Crippen LogP contribution in [0, 0.1) is 0 Å². The minimum Gasteiger partial charge on any atom is -0.506 e. The van der Waals surface area contributed by atoms with Gasteiger partial charge in [0.25, 0.3) is 0 Å². The van der Waals surface area contributed by atoms with Crippen molar-refractivity contribution in [1.29, 1.82) is 0 Å². The van der Waals surface area contributed by atoms with E-state index in [0.29, 0.717) is 22.8 Å². The second-order valence-corrected chi connectivity index (χ2v) is 7.71. The van der Waals surface area contributed by atoms with E-state index in [1.807, 2.05) is 0 Å². The van der Waals surface area contributed by atoms with Gasteiger partial charge in [0.05, 0.1) is 16.7 Å². The van der Waals surface area contributed by atoms with Crippen molar-refractivity contribution in [3.63, 3.8) is 0 Å². The van der Waals surface area contributed by atoms with Gasteiger partial charge >= 0.3 is 6.18 Å². The predicted molar refractivity (Wildman–Crippen MR) is 96.8 cm³/mol. The molecule has 0 atom stereocenters. The molecule has 5 nitrogen and oxygen atoms in total. The van der Waals surface area contributed by atoms with E-state index >= 15 is 0 Å². The van der Waals surface area contributed by atoms with Crippen LogP contribution in [0.3, 0.4) is 0 Å². The number of alkyl halides is 3. The number of hydrogen-bond acceptors (Lipinski definition) is 4. The maximum Gasteiger partial charge on any atom is 0.416 e. The molecule has 0 aliphatic heterocycles. The number of nitrogens with one attached hydrogen (secondary N) is 1. The van der Waals surface area contributed by atoms with Crippen LogP contribution in [0.1, 0.15) is 11.1 Å². The molecule has 0 saturated heterocycles. The molecule has 0 saturated carbocycles. The number of hydrogen-bond donors (Lipinski definition) is 2. The molecule has 0 unspecified atom stereocenters. The number of benzene rings is 2. The molecule has 1 aromatic heterocycles. The average Bonchev–Trinajstić information content (AvgIpc) is 2.66. The minimum absolute atomic E-state index is 0.0239. The van der Waals surface area contributed by atoms with Gasteiger partial charge in [0.1, 0.15) is 5.75 Å². The summed E-state index contributed by atoms with van der Waals surface area (Å²) in [6, 6.07) is 11.9. The average molecular weight is 408 g/mol. The van der Waals surface area contributed by atoms with Crippen LogP contribution >= 0.6 is 0 Å². The van der Waals surface area contributed by atoms with Crippen molar-refractivity contribution < 1.29 is 26.7 Å². The summed E-state index contributed by atoms with van der Waals surface area (Å²) in [7, 11) is -4.14. The molecule has 0 fully saturated rings. The van der Waals surface area contributed by atoms with Crippen molar-refractivity contribution >= 4 is 10.0 Å². The van der Waals surface area contributed by atoms with Gasteiger partial charge in [-0.05, 0) is 41.5 Å². The third-order valence-electron chi connectivity index (χ3n) is 3.98. The summed E-state index contributed by atoms with van der Waals surface area (Å²) in [5.74, 6) is -0.0239. The fourth-order valence-corrected chi connectivity index (χ4v) is 3.64. The third kappa shape index (κ3) is 4.49. The van der Waals surface area contributed by atoms with Crippen molar-refractivity contribution in [3.8, 4) is 16.9 Å². The Hall–Kier alpha value is -2.91. The van der Waals surface area contributed by atoms with Gasteiger partial charge in [0, 0.05) is 18.3 Å². The van der Waals surface area contributed by atoms with E-state index in [-0.39, 0.29) is 12.3 Å². The van der Waals surface area contributed by atoms with Crippen molar-refractivity contribution in [1.82, 2.24) is 9.71 Å². The summed E-state index contributed by atoms with van der Waals surface area (Å²) in [4.78, 5) is 3.33. The normalized spacial score (nSPS) is 12.1. The molecule has 0 amide bonds. The molecule has 2 aromatic carbocycles. The molecule has 28 heavy (non-hydrogen) atoms. The molecular weight excluding hydrogens is 393 g/mol. The van der Waals surface area contributed by atoms with Crippen molar-refractivity contribution in [2.75, 3.05) is 0 Å². The van der Waals surface area contributed by atoms with E-state index in [2.05, 4.69) is 9.71 Å². The Balaban J connectivity index is 1.81. The highest BCUT2D eigenvalue weighted by molar-refractivity contribution is 7.89. The fraction of sp³-hybridized carbons (Fsp3) is 0.105. The Bertz CT molecular complexity index is 1100. The molecule has 146 valence electrons. The second-order valence-electron chi connectivity index (χ2n) is 5.94. The number of nitrogens with zero attached hydrogens (tertiary/aromatic N) is 1. The van der Waals surface area contributed by atoms with Gasteiger partial charge in [0.15, 0.2) is 0 Å². The van der Waals surface area contributed by atoms with Gasteiger partial charge < -0.3 is 5.11 Å². The van der Waals surface area contributed by atoms with Gasteiger partial charge in [0.2, 0.25) is 10.0 Å². The first-order chi connectivity index (χ1) is 13.2. The molecule has 3 aromatic rings. The third-order valence-corrected chi connectivity index (χ3v) is 5.37. The zero-order valence-corrected chi connectivity index (χ0v) is 15.1. The van der Waals surface area contributed by atoms with Crippen LogP contribution in [0.2, 0.25) is 0 Å². The van der Waals surface area contributed by atoms with Gasteiger partial charge in [-0.25, -0.2) is 13.1 Å². The lowest BCUT2D eigenvalue weighted by atomic mass is 10.0. The van der Waals surface area contributed by atoms with Gasteiger partial charge in [-0.2, -0.15) is 13.2 Å². The number of pyridine rings is 1. The molecular formula is C19H15F3N2O3S. The van der Waals surface area contributed by atoms with E-state index in [1.165, 1.54) is 12.4 Å². The van der Waals surface area contributed by atoms with Crippen LogP contribution in [0.4, 0.5) is 13.2 Å². The first-order valence-corrected chi connectivity index (χ1v) is 9.54. The van der Waals surface area contributed by atoms with Crippen LogP contribution in [0.25, 0.3) is 11.1 Å². The molecule has 1 heterocycles. The highest BCUT2D eigenvalue weighted by Gasteiger charge is 2.31. The summed E-state index contributed by atoms with van der Waals surface area (Å²) in [5, 5.41) is 9.89. The van der Waals surface area contributed by atoms with Gasteiger partial charge in [-0.3, -0.25) is 4.98 Å². The Morgan fingerprint density at radius 2 is 1.79 bits per heavy atom. The Kier molecular flexibility index (Phi) is 5.39. The Labute approximate surface area is 159 Å². The van der Waals surface area contributed by atoms with E-state index in [0.717, 1.165) is 18.2 Å². The smallest absolute Gasteiger partial charge is 0.416 e. The number of halogens is 3. The molecule has 9 heteroatoms. The summed E-state index contributed by atoms with van der Waals surface area (Å²) < 4.78 is 65.4. The number of aromatic hydroxyl groups is 1. The van der Waals surface area contributed by atoms with Crippen molar-refractivity contribution in [2.24, 2.45) is 0 Å². The molecule has 3 rings (SSSR count). The summed E-state index contributed by atoms with van der Waals surface area (Å²) in [6.07, 6.45) is -1.83. The summed E-state index contributed by atoms with van der Waals surface area (Å²) in [5.41, 5.74) is 0.711. The molecule has 0 aliphatic rings. The highest BCUT2D eigenvalue weighted by atomic mass is 32.2. The van der Waals surface area contributed by atoms with E-state index < -0.39 is 26.7 Å². The van der Waals surface area contributed by atoms with Gasteiger partial charge in [-0.1, -0.05) is 24.3 Å². The predicted octanol–water partition coefficient (Wildman–Crippen LogP) is 3.95. The lowest BCUT2D eigenvalue weighted by Crippen LogP contribution is -2.23. The maximum atomic E-state index is 12.8. The summed E-state index contributed by atoms with van der Waals surface area (Å²) in [6.45, 7) is -0.127. The first-order valence-electron chi connectivity index (χ1n) is 8.06. The topological polar surface area (TPSA) is 79.3 Å². The molecule has 2 N–H and O–H groups in total. The number of rotatable bonds is 5. The standard InChI is InChI=1S/C19H15F3N2O3S/c20-19(21,22)15-5-2-6-16(10-15)28(26,27)24-11-13-3-1-4-14(9-13)17-7-8-23-12-18(17)25/h1-10,12,24-25H,11H2. The quantitative estimate of drug-likeness (QED) is 0.670. The zero-order chi connectivity index (χ0) is 20.4. The van der Waals surface area contributed by atoms with Gasteiger partial charge in [-0.15, -0.1) is 0 Å². The SMILES string of the molecule is O=S(=O)(NCc1cccc(-c2ccncc2O)c1)c1cccc(C(F)(F)F)c1. The van der Waals surface area contributed by atoms with Crippen LogP contribution in [0.5, 0.6) is 5.75 Å². The van der Waals surface area contributed by atoms with E-state index in [1.54, 1.807) is 30.3 Å². The maximum absolute atomic E-state index is 12.8. The van der Waals surface area contributed by atoms with Crippen LogP contribution < -0.4 is 4.72 Å². The number of aromatic nitrogens is 1. The monoisotopic (exact) mass is 408 g/mol. The molecule has 0 aliphatic carbocycles. The lowest BCUT2D eigenvalue weighted by Gasteiger charge is -2.11. The van der Waals surface area contributed by atoms with E-state index in [4.69, 9.17) is 0 Å². The summed E-state index contributed by atoms with van der Waals surface area (Å²) >= 11 is 0. The highest BCUT2D eigenvalue weighted by Crippen LogP contribution is 2.31. The fourth-order valence-electron chi connectivity index (χ4n) is 2.58. The number of sulfonamides is 1. The molecule has 0 spiro atoms. The second kappa shape index (κ2) is 7.61. The molecule has 0 bridgehead atoms. The first kappa shape index (κ1) is 19.8. The zero-order valence-electron chi connectivity index (χ0n) is 14.3. The van der Waals surface area contributed by atoms with Crippen LogP contribution in [-0.2, 0) is 22.7 Å². The molecule has 0 radical (unpaired) electrons. The van der Waals surface area contributed by atoms with Crippen molar-refractivity contribution in [2.45, 2.75) is 17.6 Å².